The minimum absolute atomic E-state index is 0.889. The lowest BCUT2D eigenvalue weighted by Crippen LogP contribution is -1.84. The quantitative estimate of drug-likeness (QED) is 0.272. The summed E-state index contributed by atoms with van der Waals surface area (Å²) in [6, 6.07) is 35.7. The smallest absolute Gasteiger partial charge is 0.136 e. The van der Waals surface area contributed by atoms with Gasteiger partial charge in [0.05, 0.1) is 5.69 Å². The molecule has 0 fully saturated rings. The molecule has 0 saturated heterocycles. The van der Waals surface area contributed by atoms with Crippen LogP contribution in [0.4, 0.5) is 0 Å². The van der Waals surface area contributed by atoms with Crippen molar-refractivity contribution in [3.63, 3.8) is 0 Å². The number of fused-ring (bicyclic) bond motifs is 4. The highest BCUT2D eigenvalue weighted by atomic mass is 16.3. The second kappa shape index (κ2) is 7.93. The molecule has 3 aromatic heterocycles. The minimum atomic E-state index is 0.889. The summed E-state index contributed by atoms with van der Waals surface area (Å²) in [6.07, 6.45) is 5.61. The molecule has 3 nitrogen and oxygen atoms in total. The summed E-state index contributed by atoms with van der Waals surface area (Å²) in [7, 11) is 0. The maximum Gasteiger partial charge on any atom is 0.136 e. The SMILES string of the molecule is c1ccc(-c2ccc(-c3ccc4oc5cccc(-c6cccc7ccncc67)c5c4c3)cc2)nc1. The van der Waals surface area contributed by atoms with Gasteiger partial charge >= 0.3 is 0 Å². The number of nitrogens with zero attached hydrogens (tertiary/aromatic N) is 2. The van der Waals surface area contributed by atoms with E-state index in [1.165, 1.54) is 5.39 Å². The molecule has 164 valence electrons. The van der Waals surface area contributed by atoms with Crippen molar-refractivity contribution in [2.45, 2.75) is 0 Å². The molecule has 0 aliphatic carbocycles. The van der Waals surface area contributed by atoms with Gasteiger partial charge in [-0.1, -0.05) is 66.7 Å². The van der Waals surface area contributed by atoms with Crippen LogP contribution >= 0.6 is 0 Å². The average Bonchev–Trinajstić information content (AvgIpc) is 3.31. The Labute approximate surface area is 202 Å². The molecular formula is C32H20N2O. The second-order valence-electron chi connectivity index (χ2n) is 8.69. The summed E-state index contributed by atoms with van der Waals surface area (Å²) >= 11 is 0. The van der Waals surface area contributed by atoms with E-state index in [4.69, 9.17) is 4.42 Å². The summed E-state index contributed by atoms with van der Waals surface area (Å²) in [5, 5.41) is 4.56. The van der Waals surface area contributed by atoms with Gasteiger partial charge in [-0.2, -0.15) is 0 Å². The van der Waals surface area contributed by atoms with Gasteiger partial charge in [0.25, 0.3) is 0 Å². The fourth-order valence-corrected chi connectivity index (χ4v) is 4.95. The molecule has 0 spiro atoms. The maximum absolute atomic E-state index is 6.27. The van der Waals surface area contributed by atoms with Gasteiger partial charge in [0.1, 0.15) is 11.2 Å². The van der Waals surface area contributed by atoms with Crippen LogP contribution < -0.4 is 0 Å². The monoisotopic (exact) mass is 448 g/mol. The van der Waals surface area contributed by atoms with Crippen LogP contribution in [0.25, 0.3) is 66.2 Å². The lowest BCUT2D eigenvalue weighted by molar-refractivity contribution is 0.669. The van der Waals surface area contributed by atoms with Crippen molar-refractivity contribution in [2.75, 3.05) is 0 Å². The normalized spacial score (nSPS) is 11.4. The molecule has 3 heterocycles. The van der Waals surface area contributed by atoms with Gasteiger partial charge < -0.3 is 4.42 Å². The van der Waals surface area contributed by atoms with Crippen LogP contribution in [0.2, 0.25) is 0 Å². The summed E-state index contributed by atoms with van der Waals surface area (Å²) in [5.41, 5.74) is 8.49. The zero-order chi connectivity index (χ0) is 23.2. The molecule has 0 unspecified atom stereocenters. The molecule has 0 saturated carbocycles. The van der Waals surface area contributed by atoms with Gasteiger partial charge in [-0.3, -0.25) is 9.97 Å². The molecule has 3 heteroatoms. The molecule has 0 atom stereocenters. The van der Waals surface area contributed by atoms with Crippen LogP contribution in [0.15, 0.2) is 126 Å². The minimum Gasteiger partial charge on any atom is -0.456 e. The summed E-state index contributed by atoms with van der Waals surface area (Å²) in [5.74, 6) is 0. The largest absolute Gasteiger partial charge is 0.456 e. The fraction of sp³-hybridized carbons (Fsp3) is 0. The topological polar surface area (TPSA) is 38.9 Å². The highest BCUT2D eigenvalue weighted by Gasteiger charge is 2.15. The summed E-state index contributed by atoms with van der Waals surface area (Å²) in [4.78, 5) is 8.85. The van der Waals surface area contributed by atoms with Crippen molar-refractivity contribution < 1.29 is 4.42 Å². The van der Waals surface area contributed by atoms with E-state index in [0.29, 0.717) is 0 Å². The lowest BCUT2D eigenvalue weighted by atomic mass is 9.94. The van der Waals surface area contributed by atoms with E-state index in [9.17, 15) is 0 Å². The highest BCUT2D eigenvalue weighted by molar-refractivity contribution is 6.15. The molecule has 0 N–H and O–H groups in total. The molecule has 0 radical (unpaired) electrons. The number of rotatable bonds is 3. The highest BCUT2D eigenvalue weighted by Crippen LogP contribution is 2.40. The number of pyridine rings is 2. The Morgan fingerprint density at radius 1 is 0.543 bits per heavy atom. The first-order chi connectivity index (χ1) is 17.3. The third-order valence-electron chi connectivity index (χ3n) is 6.65. The molecule has 7 rings (SSSR count). The van der Waals surface area contributed by atoms with Crippen LogP contribution in [0.5, 0.6) is 0 Å². The first kappa shape index (κ1) is 19.7. The second-order valence-corrected chi connectivity index (χ2v) is 8.69. The molecule has 0 aliphatic heterocycles. The van der Waals surface area contributed by atoms with Crippen LogP contribution in [-0.4, -0.2) is 9.97 Å². The fourth-order valence-electron chi connectivity index (χ4n) is 4.95. The molecule has 35 heavy (non-hydrogen) atoms. The van der Waals surface area contributed by atoms with Crippen LogP contribution in [-0.2, 0) is 0 Å². The molecule has 0 aliphatic rings. The van der Waals surface area contributed by atoms with Crippen LogP contribution in [0.3, 0.4) is 0 Å². The van der Waals surface area contributed by atoms with Gasteiger partial charge in [-0.15, -0.1) is 0 Å². The van der Waals surface area contributed by atoms with Crippen molar-refractivity contribution >= 4 is 32.7 Å². The Kier molecular flexibility index (Phi) is 4.46. The van der Waals surface area contributed by atoms with Gasteiger partial charge in [-0.25, -0.2) is 0 Å². The van der Waals surface area contributed by atoms with Crippen molar-refractivity contribution in [3.8, 4) is 33.5 Å². The Hall–Kier alpha value is -4.76. The van der Waals surface area contributed by atoms with E-state index in [1.807, 2.05) is 42.9 Å². The molecular weight excluding hydrogens is 428 g/mol. The van der Waals surface area contributed by atoms with Gasteiger partial charge in [-0.05, 0) is 64.0 Å². The molecule has 4 aromatic carbocycles. The molecule has 0 bridgehead atoms. The zero-order valence-corrected chi connectivity index (χ0v) is 18.8. The van der Waals surface area contributed by atoms with Crippen molar-refractivity contribution in [1.29, 1.82) is 0 Å². The van der Waals surface area contributed by atoms with E-state index in [2.05, 4.69) is 88.8 Å². The number of hydrogen-bond donors (Lipinski definition) is 0. The number of aromatic nitrogens is 2. The first-order valence-corrected chi connectivity index (χ1v) is 11.7. The first-order valence-electron chi connectivity index (χ1n) is 11.7. The Morgan fingerprint density at radius 2 is 1.37 bits per heavy atom. The number of benzene rings is 4. The predicted molar refractivity (Wildman–Crippen MR) is 143 cm³/mol. The van der Waals surface area contributed by atoms with Crippen molar-refractivity contribution in [3.05, 3.63) is 122 Å². The average molecular weight is 449 g/mol. The molecule has 7 aromatic rings. The summed E-state index contributed by atoms with van der Waals surface area (Å²) < 4.78 is 6.27. The van der Waals surface area contributed by atoms with E-state index < -0.39 is 0 Å². The van der Waals surface area contributed by atoms with Crippen LogP contribution in [0.1, 0.15) is 0 Å². The van der Waals surface area contributed by atoms with Crippen molar-refractivity contribution in [1.82, 2.24) is 9.97 Å². The standard InChI is InChI=1S/C32H20N2O/c1-2-17-34-29(8-1)23-12-10-21(11-13-23)24-14-15-30-27(19-24)32-26(7-4-9-31(32)35-30)25-6-3-5-22-16-18-33-20-28(22)25/h1-20H. The zero-order valence-electron chi connectivity index (χ0n) is 18.8. The number of hydrogen-bond acceptors (Lipinski definition) is 3. The third-order valence-corrected chi connectivity index (χ3v) is 6.65. The van der Waals surface area contributed by atoms with E-state index in [-0.39, 0.29) is 0 Å². The van der Waals surface area contributed by atoms with Crippen LogP contribution in [0, 0.1) is 0 Å². The van der Waals surface area contributed by atoms with Gasteiger partial charge in [0.2, 0.25) is 0 Å². The van der Waals surface area contributed by atoms with E-state index in [0.717, 1.165) is 60.8 Å². The number of furan rings is 1. The van der Waals surface area contributed by atoms with E-state index >= 15 is 0 Å². The Balaban J connectivity index is 1.40. The third kappa shape index (κ3) is 3.29. The molecule has 0 amide bonds. The predicted octanol–water partition coefficient (Wildman–Crippen LogP) is 8.53. The Bertz CT molecular complexity index is 1830. The van der Waals surface area contributed by atoms with Gasteiger partial charge in [0, 0.05) is 40.3 Å². The van der Waals surface area contributed by atoms with Gasteiger partial charge in [0.15, 0.2) is 0 Å². The van der Waals surface area contributed by atoms with Crippen molar-refractivity contribution in [2.24, 2.45) is 0 Å². The summed E-state index contributed by atoms with van der Waals surface area (Å²) in [6.45, 7) is 0. The Morgan fingerprint density at radius 3 is 2.26 bits per heavy atom. The van der Waals surface area contributed by atoms with E-state index in [1.54, 1.807) is 0 Å². The lowest BCUT2D eigenvalue weighted by Gasteiger charge is -2.08. The maximum atomic E-state index is 6.27.